The van der Waals surface area contributed by atoms with Crippen molar-refractivity contribution in [3.63, 3.8) is 0 Å². The van der Waals surface area contributed by atoms with Gasteiger partial charge in [0.1, 0.15) is 5.75 Å². The Kier molecular flexibility index (Phi) is 3.62. The van der Waals surface area contributed by atoms with Crippen LogP contribution >= 0.6 is 0 Å². The lowest BCUT2D eigenvalue weighted by molar-refractivity contribution is 0.0785. The Balaban J connectivity index is 2.02. The van der Waals surface area contributed by atoms with Crippen LogP contribution in [-0.4, -0.2) is 35.2 Å². The van der Waals surface area contributed by atoms with Crippen molar-refractivity contribution in [2.24, 2.45) is 0 Å². The summed E-state index contributed by atoms with van der Waals surface area (Å²) in [5.74, 6) is 0.752. The van der Waals surface area contributed by atoms with Gasteiger partial charge in [-0.15, -0.1) is 0 Å². The molecule has 1 aromatic heterocycles. The molecule has 1 amide bonds. The summed E-state index contributed by atoms with van der Waals surface area (Å²) < 4.78 is 5.09. The van der Waals surface area contributed by atoms with Gasteiger partial charge in [-0.05, 0) is 17.7 Å². The monoisotopic (exact) mass is 245 g/mol. The predicted octanol–water partition coefficient (Wildman–Crippen LogP) is 1.69. The third-order valence-electron chi connectivity index (χ3n) is 2.67. The second-order valence-corrected chi connectivity index (χ2v) is 4.00. The van der Waals surface area contributed by atoms with Crippen LogP contribution in [0.3, 0.4) is 0 Å². The molecule has 0 aliphatic rings. The minimum Gasteiger partial charge on any atom is -0.497 e. The van der Waals surface area contributed by atoms with Crippen molar-refractivity contribution in [3.05, 3.63) is 47.8 Å². The first kappa shape index (κ1) is 12.2. The largest absolute Gasteiger partial charge is 0.497 e. The van der Waals surface area contributed by atoms with Crippen molar-refractivity contribution < 1.29 is 9.53 Å². The van der Waals surface area contributed by atoms with Crippen LogP contribution in [-0.2, 0) is 6.54 Å². The first-order valence-corrected chi connectivity index (χ1v) is 5.58. The van der Waals surface area contributed by atoms with Gasteiger partial charge in [0.15, 0.2) is 0 Å². The molecular weight excluding hydrogens is 230 g/mol. The van der Waals surface area contributed by atoms with Crippen molar-refractivity contribution in [1.82, 2.24) is 15.1 Å². The minimum atomic E-state index is -0.0560. The van der Waals surface area contributed by atoms with Crippen LogP contribution in [0.25, 0.3) is 0 Å². The molecular formula is C13H15N3O2. The number of benzene rings is 1. The number of aromatic amines is 1. The molecule has 1 N–H and O–H groups in total. The highest BCUT2D eigenvalue weighted by atomic mass is 16.5. The third kappa shape index (κ3) is 2.68. The number of carbonyl (C=O) groups excluding carboxylic acids is 1. The Morgan fingerprint density at radius 3 is 2.67 bits per heavy atom. The Morgan fingerprint density at radius 1 is 1.39 bits per heavy atom. The maximum Gasteiger partial charge on any atom is 0.257 e. The second-order valence-electron chi connectivity index (χ2n) is 4.00. The normalized spacial score (nSPS) is 10.1. The molecule has 2 aromatic rings. The highest BCUT2D eigenvalue weighted by Crippen LogP contribution is 2.13. The van der Waals surface area contributed by atoms with E-state index >= 15 is 0 Å². The molecule has 0 radical (unpaired) electrons. The van der Waals surface area contributed by atoms with Gasteiger partial charge < -0.3 is 9.64 Å². The van der Waals surface area contributed by atoms with E-state index in [0.29, 0.717) is 12.1 Å². The van der Waals surface area contributed by atoms with E-state index in [0.717, 1.165) is 11.3 Å². The lowest BCUT2D eigenvalue weighted by Gasteiger charge is -2.16. The van der Waals surface area contributed by atoms with Crippen LogP contribution in [0.15, 0.2) is 36.7 Å². The molecule has 2 rings (SSSR count). The number of ether oxygens (including phenoxy) is 1. The lowest BCUT2D eigenvalue weighted by atomic mass is 10.2. The van der Waals surface area contributed by atoms with Gasteiger partial charge in [0.05, 0.1) is 18.9 Å². The van der Waals surface area contributed by atoms with E-state index in [4.69, 9.17) is 4.74 Å². The minimum absolute atomic E-state index is 0.0560. The number of aromatic nitrogens is 2. The van der Waals surface area contributed by atoms with E-state index in [-0.39, 0.29) is 5.91 Å². The molecule has 94 valence electrons. The van der Waals surface area contributed by atoms with Crippen LogP contribution in [0, 0.1) is 0 Å². The number of nitrogens with one attached hydrogen (secondary N) is 1. The Bertz CT molecular complexity index is 506. The number of rotatable bonds is 4. The fourth-order valence-corrected chi connectivity index (χ4v) is 1.66. The highest BCUT2D eigenvalue weighted by molar-refractivity contribution is 5.93. The summed E-state index contributed by atoms with van der Waals surface area (Å²) in [4.78, 5) is 13.6. The molecule has 0 aliphatic carbocycles. The molecule has 5 heteroatoms. The zero-order valence-corrected chi connectivity index (χ0v) is 10.4. The Labute approximate surface area is 105 Å². The summed E-state index contributed by atoms with van der Waals surface area (Å²) in [6, 6.07) is 7.65. The molecule has 1 heterocycles. The van der Waals surface area contributed by atoms with E-state index in [9.17, 15) is 4.79 Å². The summed E-state index contributed by atoms with van der Waals surface area (Å²) in [7, 11) is 3.39. The zero-order chi connectivity index (χ0) is 13.0. The number of carbonyl (C=O) groups is 1. The third-order valence-corrected chi connectivity index (χ3v) is 2.67. The van der Waals surface area contributed by atoms with Gasteiger partial charge in [-0.1, -0.05) is 12.1 Å². The number of amides is 1. The summed E-state index contributed by atoms with van der Waals surface area (Å²) in [5, 5.41) is 6.40. The molecule has 5 nitrogen and oxygen atoms in total. The number of H-pyrrole nitrogens is 1. The maximum absolute atomic E-state index is 12.0. The first-order chi connectivity index (χ1) is 8.70. The molecule has 18 heavy (non-hydrogen) atoms. The van der Waals surface area contributed by atoms with Gasteiger partial charge >= 0.3 is 0 Å². The number of hydrogen-bond acceptors (Lipinski definition) is 3. The summed E-state index contributed by atoms with van der Waals surface area (Å²) in [6.45, 7) is 0.550. The summed E-state index contributed by atoms with van der Waals surface area (Å²) in [6.07, 6.45) is 3.11. The molecule has 0 bridgehead atoms. The van der Waals surface area contributed by atoms with E-state index in [1.807, 2.05) is 24.3 Å². The molecule has 0 atom stereocenters. The molecule has 0 unspecified atom stereocenters. The number of hydrogen-bond donors (Lipinski definition) is 1. The lowest BCUT2D eigenvalue weighted by Crippen LogP contribution is -2.25. The molecule has 0 aliphatic heterocycles. The van der Waals surface area contributed by atoms with Gasteiger partial charge in [0.25, 0.3) is 5.91 Å². The van der Waals surface area contributed by atoms with Crippen LogP contribution in [0.4, 0.5) is 0 Å². The van der Waals surface area contributed by atoms with Crippen molar-refractivity contribution in [2.75, 3.05) is 14.2 Å². The van der Waals surface area contributed by atoms with Gasteiger partial charge in [-0.25, -0.2) is 0 Å². The molecule has 0 saturated heterocycles. The fourth-order valence-electron chi connectivity index (χ4n) is 1.66. The molecule has 0 spiro atoms. The van der Waals surface area contributed by atoms with Crippen LogP contribution in [0.2, 0.25) is 0 Å². The van der Waals surface area contributed by atoms with Crippen molar-refractivity contribution in [3.8, 4) is 5.75 Å². The maximum atomic E-state index is 12.0. The highest BCUT2D eigenvalue weighted by Gasteiger charge is 2.12. The van der Waals surface area contributed by atoms with Crippen molar-refractivity contribution >= 4 is 5.91 Å². The number of methoxy groups -OCH3 is 1. The molecule has 0 fully saturated rings. The summed E-state index contributed by atoms with van der Waals surface area (Å²) >= 11 is 0. The second kappa shape index (κ2) is 5.35. The fraction of sp³-hybridized carbons (Fsp3) is 0.231. The van der Waals surface area contributed by atoms with Gasteiger partial charge in [-0.2, -0.15) is 5.10 Å². The van der Waals surface area contributed by atoms with Crippen molar-refractivity contribution in [2.45, 2.75) is 6.54 Å². The smallest absolute Gasteiger partial charge is 0.257 e. The standard InChI is InChI=1S/C13H15N3O2/c1-16(13(17)11-7-14-15-8-11)9-10-3-5-12(18-2)6-4-10/h3-8H,9H2,1-2H3,(H,14,15). The number of nitrogens with zero attached hydrogens (tertiary/aromatic N) is 2. The zero-order valence-electron chi connectivity index (χ0n) is 10.4. The quantitative estimate of drug-likeness (QED) is 0.891. The van der Waals surface area contributed by atoms with E-state index in [1.54, 1.807) is 25.3 Å². The van der Waals surface area contributed by atoms with Gasteiger partial charge in [0.2, 0.25) is 0 Å². The van der Waals surface area contributed by atoms with Gasteiger partial charge in [0, 0.05) is 19.8 Å². The molecule has 1 aromatic carbocycles. The van der Waals surface area contributed by atoms with Crippen LogP contribution < -0.4 is 4.74 Å². The van der Waals surface area contributed by atoms with Crippen LogP contribution in [0.1, 0.15) is 15.9 Å². The SMILES string of the molecule is COc1ccc(CN(C)C(=O)c2cn[nH]c2)cc1. The van der Waals surface area contributed by atoms with E-state index in [1.165, 1.54) is 6.20 Å². The average Bonchev–Trinajstić information content (AvgIpc) is 2.92. The Morgan fingerprint density at radius 2 is 2.11 bits per heavy atom. The summed E-state index contributed by atoms with van der Waals surface area (Å²) in [5.41, 5.74) is 1.61. The van der Waals surface area contributed by atoms with Crippen molar-refractivity contribution in [1.29, 1.82) is 0 Å². The average molecular weight is 245 g/mol. The topological polar surface area (TPSA) is 58.2 Å². The van der Waals surface area contributed by atoms with Gasteiger partial charge in [-0.3, -0.25) is 9.89 Å². The predicted molar refractivity (Wildman–Crippen MR) is 67.4 cm³/mol. The van der Waals surface area contributed by atoms with Crippen LogP contribution in [0.5, 0.6) is 5.75 Å². The first-order valence-electron chi connectivity index (χ1n) is 5.58. The molecule has 0 saturated carbocycles. The van der Waals surface area contributed by atoms with E-state index < -0.39 is 0 Å². The Hall–Kier alpha value is -2.30. The van der Waals surface area contributed by atoms with E-state index in [2.05, 4.69) is 10.2 Å².